The minimum Gasteiger partial charge on any atom is -0.363 e. The van der Waals surface area contributed by atoms with Gasteiger partial charge in [0.1, 0.15) is 0 Å². The molecule has 3 rings (SSSR count). The summed E-state index contributed by atoms with van der Waals surface area (Å²) in [7, 11) is 2.13. The second-order valence-electron chi connectivity index (χ2n) is 5.01. The van der Waals surface area contributed by atoms with Crippen LogP contribution in [-0.2, 0) is 0 Å². The van der Waals surface area contributed by atoms with Crippen LogP contribution in [0.2, 0.25) is 5.02 Å². The summed E-state index contributed by atoms with van der Waals surface area (Å²) < 4.78 is 0. The van der Waals surface area contributed by atoms with Gasteiger partial charge < -0.3 is 9.88 Å². The first-order valence-corrected chi connectivity index (χ1v) is 8.24. The number of aliphatic imine (C=N–C) groups is 1. The summed E-state index contributed by atoms with van der Waals surface area (Å²) in [4.78, 5) is 11.5. The molecule has 0 bridgehead atoms. The van der Waals surface area contributed by atoms with Crippen molar-refractivity contribution in [2.24, 2.45) is 4.99 Å². The number of aromatic amines is 1. The lowest BCUT2D eigenvalue weighted by atomic mass is 10.2. The number of fused-ring (bicyclic) bond motifs is 1. The molecule has 0 atom stereocenters. The number of thioether (sulfide) groups is 1. The van der Waals surface area contributed by atoms with Gasteiger partial charge in [-0.25, -0.2) is 0 Å². The molecule has 0 spiro atoms. The molecule has 1 fully saturated rings. The molecule has 0 radical (unpaired) electrons. The Kier molecular flexibility index (Phi) is 4.22. The van der Waals surface area contributed by atoms with Gasteiger partial charge in [0.25, 0.3) is 0 Å². The SMILES string of the molecule is CN1CCCC1=NCCSc1c[nH]c2ccc(Cl)cc12. The van der Waals surface area contributed by atoms with E-state index in [0.29, 0.717) is 0 Å². The maximum absolute atomic E-state index is 6.06. The van der Waals surface area contributed by atoms with E-state index in [0.717, 1.165) is 35.8 Å². The highest BCUT2D eigenvalue weighted by molar-refractivity contribution is 7.99. The Balaban J connectivity index is 1.61. The van der Waals surface area contributed by atoms with Crippen LogP contribution in [0.1, 0.15) is 12.8 Å². The number of rotatable bonds is 4. The summed E-state index contributed by atoms with van der Waals surface area (Å²) in [6.45, 7) is 2.02. The number of halogens is 1. The van der Waals surface area contributed by atoms with Gasteiger partial charge in [-0.3, -0.25) is 4.99 Å². The van der Waals surface area contributed by atoms with Crippen molar-refractivity contribution in [3.63, 3.8) is 0 Å². The Bertz CT molecular complexity index is 635. The van der Waals surface area contributed by atoms with Gasteiger partial charge >= 0.3 is 0 Å². The van der Waals surface area contributed by atoms with Crippen LogP contribution in [0.25, 0.3) is 10.9 Å². The van der Waals surface area contributed by atoms with Crippen LogP contribution in [0.5, 0.6) is 0 Å². The smallest absolute Gasteiger partial charge is 0.0987 e. The zero-order chi connectivity index (χ0) is 13.9. The Morgan fingerprint density at radius 2 is 2.35 bits per heavy atom. The first-order valence-electron chi connectivity index (χ1n) is 6.88. The van der Waals surface area contributed by atoms with Gasteiger partial charge in [-0.15, -0.1) is 11.8 Å². The van der Waals surface area contributed by atoms with Crippen LogP contribution in [0, 0.1) is 0 Å². The largest absolute Gasteiger partial charge is 0.363 e. The summed E-state index contributed by atoms with van der Waals surface area (Å²) in [6.07, 6.45) is 4.42. The van der Waals surface area contributed by atoms with E-state index in [1.54, 1.807) is 0 Å². The molecule has 2 heterocycles. The Morgan fingerprint density at radius 1 is 1.45 bits per heavy atom. The third kappa shape index (κ3) is 2.96. The Morgan fingerprint density at radius 3 is 3.15 bits per heavy atom. The molecular weight excluding hydrogens is 290 g/mol. The molecule has 5 heteroatoms. The number of amidine groups is 1. The van der Waals surface area contributed by atoms with E-state index >= 15 is 0 Å². The van der Waals surface area contributed by atoms with Crippen LogP contribution >= 0.6 is 23.4 Å². The standard InChI is InChI=1S/C15H18ClN3S/c1-19-7-2-3-15(19)17-6-8-20-14-10-18-13-5-4-11(16)9-12(13)14/h4-5,9-10,18H,2-3,6-8H2,1H3. The molecule has 0 amide bonds. The van der Waals surface area contributed by atoms with Crippen molar-refractivity contribution in [3.8, 4) is 0 Å². The monoisotopic (exact) mass is 307 g/mol. The molecule has 1 saturated heterocycles. The highest BCUT2D eigenvalue weighted by Gasteiger charge is 2.13. The van der Waals surface area contributed by atoms with Gasteiger partial charge in [-0.1, -0.05) is 11.6 Å². The van der Waals surface area contributed by atoms with E-state index in [1.807, 2.05) is 30.0 Å². The van der Waals surface area contributed by atoms with E-state index in [9.17, 15) is 0 Å². The van der Waals surface area contributed by atoms with Gasteiger partial charge in [0, 0.05) is 52.8 Å². The molecule has 1 aliphatic heterocycles. The molecule has 0 unspecified atom stereocenters. The second kappa shape index (κ2) is 6.10. The molecular formula is C15H18ClN3S. The van der Waals surface area contributed by atoms with Crippen molar-refractivity contribution in [3.05, 3.63) is 29.4 Å². The average molecular weight is 308 g/mol. The highest BCUT2D eigenvalue weighted by Crippen LogP contribution is 2.29. The van der Waals surface area contributed by atoms with Crippen molar-refractivity contribution >= 4 is 40.1 Å². The minimum absolute atomic E-state index is 0.784. The van der Waals surface area contributed by atoms with Crippen LogP contribution in [0.3, 0.4) is 0 Å². The van der Waals surface area contributed by atoms with E-state index in [4.69, 9.17) is 11.6 Å². The Hall–Kier alpha value is -1.13. The lowest BCUT2D eigenvalue weighted by Crippen LogP contribution is -2.19. The summed E-state index contributed by atoms with van der Waals surface area (Å²) in [5, 5.41) is 1.99. The molecule has 0 aliphatic carbocycles. The normalized spacial score (nSPS) is 17.5. The fourth-order valence-electron chi connectivity index (χ4n) is 2.51. The maximum atomic E-state index is 6.06. The van der Waals surface area contributed by atoms with E-state index < -0.39 is 0 Å². The number of benzene rings is 1. The lowest BCUT2D eigenvalue weighted by molar-refractivity contribution is 0.548. The number of hydrogen-bond acceptors (Lipinski definition) is 2. The molecule has 1 aromatic heterocycles. The summed E-state index contributed by atoms with van der Waals surface area (Å²) >= 11 is 7.89. The summed E-state index contributed by atoms with van der Waals surface area (Å²) in [5.74, 6) is 2.25. The molecule has 2 aromatic rings. The van der Waals surface area contributed by atoms with Crippen molar-refractivity contribution in [2.45, 2.75) is 17.7 Å². The minimum atomic E-state index is 0.784. The van der Waals surface area contributed by atoms with Gasteiger partial charge in [-0.2, -0.15) is 0 Å². The lowest BCUT2D eigenvalue weighted by Gasteiger charge is -2.10. The zero-order valence-corrected chi connectivity index (χ0v) is 13.1. The number of hydrogen-bond donors (Lipinski definition) is 1. The van der Waals surface area contributed by atoms with Crippen molar-refractivity contribution in [1.82, 2.24) is 9.88 Å². The molecule has 106 valence electrons. The van der Waals surface area contributed by atoms with Crippen molar-refractivity contribution in [1.29, 1.82) is 0 Å². The van der Waals surface area contributed by atoms with Crippen LogP contribution in [0.15, 0.2) is 34.3 Å². The topological polar surface area (TPSA) is 31.4 Å². The van der Waals surface area contributed by atoms with E-state index in [2.05, 4.69) is 28.1 Å². The van der Waals surface area contributed by atoms with E-state index in [1.165, 1.54) is 22.5 Å². The predicted octanol–water partition coefficient (Wildman–Crippen LogP) is 4.04. The van der Waals surface area contributed by atoms with Crippen LogP contribution in [-0.4, -0.2) is 41.6 Å². The fourth-order valence-corrected chi connectivity index (χ4v) is 3.55. The summed E-state index contributed by atoms with van der Waals surface area (Å²) in [5.41, 5.74) is 1.14. The third-order valence-electron chi connectivity index (χ3n) is 3.58. The highest BCUT2D eigenvalue weighted by atomic mass is 35.5. The first-order chi connectivity index (χ1) is 9.74. The molecule has 20 heavy (non-hydrogen) atoms. The summed E-state index contributed by atoms with van der Waals surface area (Å²) in [6, 6.07) is 5.96. The van der Waals surface area contributed by atoms with E-state index in [-0.39, 0.29) is 0 Å². The number of nitrogens with one attached hydrogen (secondary N) is 1. The first kappa shape index (κ1) is 13.8. The van der Waals surface area contributed by atoms with Crippen molar-refractivity contribution < 1.29 is 0 Å². The Labute approximate surface area is 128 Å². The van der Waals surface area contributed by atoms with Gasteiger partial charge in [0.15, 0.2) is 0 Å². The molecule has 1 aromatic carbocycles. The van der Waals surface area contributed by atoms with Crippen molar-refractivity contribution in [2.75, 3.05) is 25.9 Å². The van der Waals surface area contributed by atoms with Gasteiger partial charge in [-0.05, 0) is 24.6 Å². The van der Waals surface area contributed by atoms with Crippen LogP contribution < -0.4 is 0 Å². The number of nitrogens with zero attached hydrogens (tertiary/aromatic N) is 2. The maximum Gasteiger partial charge on any atom is 0.0987 e. The predicted molar refractivity (Wildman–Crippen MR) is 88.2 cm³/mol. The van der Waals surface area contributed by atoms with Gasteiger partial charge in [0.2, 0.25) is 0 Å². The fraction of sp³-hybridized carbons (Fsp3) is 0.400. The molecule has 0 saturated carbocycles. The second-order valence-corrected chi connectivity index (χ2v) is 6.59. The van der Waals surface area contributed by atoms with Crippen LogP contribution in [0.4, 0.5) is 0 Å². The quantitative estimate of drug-likeness (QED) is 0.683. The average Bonchev–Trinajstić information content (AvgIpc) is 3.01. The number of H-pyrrole nitrogens is 1. The molecule has 1 N–H and O–H groups in total. The third-order valence-corrected chi connectivity index (χ3v) is 4.85. The van der Waals surface area contributed by atoms with Gasteiger partial charge in [0.05, 0.1) is 12.4 Å². The molecule has 1 aliphatic rings. The number of likely N-dealkylation sites (tertiary alicyclic amines) is 1. The zero-order valence-electron chi connectivity index (χ0n) is 11.5. The number of aromatic nitrogens is 1. The molecule has 3 nitrogen and oxygen atoms in total.